The van der Waals surface area contributed by atoms with Crippen molar-refractivity contribution >= 4 is 13.7 Å². The lowest BCUT2D eigenvalue weighted by Crippen LogP contribution is -2.46. The van der Waals surface area contributed by atoms with Crippen LogP contribution in [0.3, 0.4) is 0 Å². The molecule has 0 heterocycles. The van der Waals surface area contributed by atoms with E-state index in [0.29, 0.717) is 23.9 Å². The molecule has 0 radical (unpaired) electrons. The SMILES string of the molecule is CC/C=C\C/C=C\C/C=C\C/C=C\CCCCCCCCCCCCCCCCC(=O)NC(COP(=O)(O)OCC[N+](C)(C)C)C(O)CCCCCCCCCCCCCCCCCCCCCCCCCCCCCC. The summed E-state index contributed by atoms with van der Waals surface area (Å²) < 4.78 is 23.9. The van der Waals surface area contributed by atoms with E-state index in [0.717, 1.165) is 64.2 Å². The van der Waals surface area contributed by atoms with E-state index in [9.17, 15) is 19.4 Å². The summed E-state index contributed by atoms with van der Waals surface area (Å²) in [6.45, 7) is 4.82. The van der Waals surface area contributed by atoms with Gasteiger partial charge in [0.05, 0.1) is 39.9 Å². The minimum Gasteiger partial charge on any atom is -0.391 e. The second kappa shape index (κ2) is 59.1. The predicted octanol–water partition coefficient (Wildman–Crippen LogP) is 21.1. The molecule has 0 aliphatic heterocycles. The highest BCUT2D eigenvalue weighted by atomic mass is 31.2. The fourth-order valence-electron chi connectivity index (χ4n) is 10.2. The highest BCUT2D eigenvalue weighted by Crippen LogP contribution is 2.43. The lowest BCUT2D eigenvalue weighted by molar-refractivity contribution is -0.870. The minimum absolute atomic E-state index is 0.0749. The summed E-state index contributed by atoms with van der Waals surface area (Å²) in [7, 11) is 1.63. The predicted molar refractivity (Wildman–Crippen MR) is 337 cm³/mol. The van der Waals surface area contributed by atoms with E-state index in [2.05, 4.69) is 67.8 Å². The zero-order valence-electron chi connectivity index (χ0n) is 52.0. The molecule has 8 nitrogen and oxygen atoms in total. The quantitative estimate of drug-likeness (QED) is 0.0243. The number of hydrogen-bond donors (Lipinski definition) is 3. The summed E-state index contributed by atoms with van der Waals surface area (Å²) in [5.41, 5.74) is 0. The molecule has 0 aliphatic rings. The fourth-order valence-corrected chi connectivity index (χ4v) is 10.9. The highest BCUT2D eigenvalue weighted by molar-refractivity contribution is 7.47. The average Bonchev–Trinajstić information content (AvgIpc) is 3.39. The average molecular weight is 1100 g/mol. The van der Waals surface area contributed by atoms with Gasteiger partial charge in [0, 0.05) is 6.42 Å². The van der Waals surface area contributed by atoms with Crippen molar-refractivity contribution in [2.45, 2.75) is 341 Å². The van der Waals surface area contributed by atoms with Crippen LogP contribution in [0.4, 0.5) is 0 Å². The molecule has 3 N–H and O–H groups in total. The fraction of sp³-hybridized carbons (Fsp3) is 0.868. The molecule has 0 saturated carbocycles. The number of allylic oxidation sites excluding steroid dienone is 8. The Labute approximate surface area is 479 Å². The van der Waals surface area contributed by atoms with Gasteiger partial charge in [0.25, 0.3) is 0 Å². The molecule has 0 aromatic rings. The summed E-state index contributed by atoms with van der Waals surface area (Å²) in [5.74, 6) is -0.141. The van der Waals surface area contributed by atoms with Gasteiger partial charge in [-0.2, -0.15) is 0 Å². The van der Waals surface area contributed by atoms with E-state index in [1.54, 1.807) is 0 Å². The number of unbranched alkanes of at least 4 members (excludes halogenated alkanes) is 41. The lowest BCUT2D eigenvalue weighted by Gasteiger charge is -2.26. The van der Waals surface area contributed by atoms with Crippen molar-refractivity contribution in [2.24, 2.45) is 0 Å². The van der Waals surface area contributed by atoms with Crippen molar-refractivity contribution in [1.29, 1.82) is 0 Å². The molecule has 0 fully saturated rings. The monoisotopic (exact) mass is 1100 g/mol. The molecule has 454 valence electrons. The van der Waals surface area contributed by atoms with Gasteiger partial charge in [-0.05, 0) is 51.4 Å². The van der Waals surface area contributed by atoms with Gasteiger partial charge in [0.15, 0.2) is 0 Å². The van der Waals surface area contributed by atoms with E-state index in [1.165, 1.54) is 238 Å². The van der Waals surface area contributed by atoms with Crippen molar-refractivity contribution in [3.63, 3.8) is 0 Å². The Morgan fingerprint density at radius 2 is 0.779 bits per heavy atom. The molecule has 1 amide bonds. The molecule has 0 bridgehead atoms. The zero-order valence-corrected chi connectivity index (χ0v) is 52.9. The van der Waals surface area contributed by atoms with Crippen molar-refractivity contribution in [1.82, 2.24) is 5.32 Å². The molecule has 0 rings (SSSR count). The maximum absolute atomic E-state index is 13.1. The highest BCUT2D eigenvalue weighted by Gasteiger charge is 2.28. The van der Waals surface area contributed by atoms with Crippen LogP contribution in [0.25, 0.3) is 0 Å². The smallest absolute Gasteiger partial charge is 0.391 e. The van der Waals surface area contributed by atoms with E-state index in [4.69, 9.17) is 9.05 Å². The van der Waals surface area contributed by atoms with Crippen molar-refractivity contribution in [3.05, 3.63) is 48.6 Å². The Hall–Kier alpha value is -1.54. The van der Waals surface area contributed by atoms with Crippen LogP contribution in [-0.2, 0) is 18.4 Å². The van der Waals surface area contributed by atoms with Gasteiger partial charge in [-0.1, -0.05) is 319 Å². The second-order valence-electron chi connectivity index (χ2n) is 24.2. The van der Waals surface area contributed by atoms with Gasteiger partial charge in [-0.25, -0.2) is 4.57 Å². The number of rotatable bonds is 62. The maximum Gasteiger partial charge on any atom is 0.472 e. The maximum atomic E-state index is 13.1. The van der Waals surface area contributed by atoms with Gasteiger partial charge < -0.3 is 19.8 Å². The minimum atomic E-state index is -4.33. The third-order valence-electron chi connectivity index (χ3n) is 15.3. The number of quaternary nitrogens is 1. The molecule has 0 aromatic carbocycles. The Bertz CT molecular complexity index is 1390. The van der Waals surface area contributed by atoms with Gasteiger partial charge in [-0.3, -0.25) is 13.8 Å². The molecule has 0 aromatic heterocycles. The topological polar surface area (TPSA) is 105 Å². The summed E-state index contributed by atoms with van der Waals surface area (Å²) >= 11 is 0. The summed E-state index contributed by atoms with van der Waals surface area (Å²) in [5, 5.41) is 14.1. The van der Waals surface area contributed by atoms with Gasteiger partial charge in [0.1, 0.15) is 13.2 Å². The first-order valence-electron chi connectivity index (χ1n) is 33.5. The van der Waals surface area contributed by atoms with Crippen LogP contribution in [-0.4, -0.2) is 73.4 Å². The van der Waals surface area contributed by atoms with E-state index < -0.39 is 20.0 Å². The van der Waals surface area contributed by atoms with E-state index in [-0.39, 0.29) is 19.1 Å². The third kappa shape index (κ3) is 61.9. The van der Waals surface area contributed by atoms with Crippen molar-refractivity contribution in [2.75, 3.05) is 40.9 Å². The van der Waals surface area contributed by atoms with Gasteiger partial charge >= 0.3 is 7.82 Å². The standard InChI is InChI=1S/C68H131N2O6P/c1-6-8-10-12-14-16-18-20-22-24-26-28-30-32-34-36-37-39-41-43-45-47-49-51-53-55-57-59-61-67(71)66(65-76-77(73,74)75-64-63-70(3,4)5)69-68(72)62-60-58-56-54-52-50-48-46-44-42-40-38-35-33-31-29-27-25-23-21-19-17-15-13-11-9-7-2/h9,11,15,17,21,23,27,29,66-67,71H,6-8,10,12-14,16,18-20,22,24-26,28,30-65H2,1-5H3,(H-,69,72,73,74)/p+1/b11-9-,17-15-,23-21-,29-27-. The van der Waals surface area contributed by atoms with E-state index >= 15 is 0 Å². The Kier molecular flexibility index (Phi) is 57.9. The van der Waals surface area contributed by atoms with E-state index in [1.807, 2.05) is 21.1 Å². The number of carbonyl (C=O) groups excluding carboxylic acids is 1. The number of aliphatic hydroxyl groups is 1. The first kappa shape index (κ1) is 75.5. The number of phosphoric acid groups is 1. The molecule has 77 heavy (non-hydrogen) atoms. The van der Waals surface area contributed by atoms with Crippen LogP contribution in [0, 0.1) is 0 Å². The molecule has 3 unspecified atom stereocenters. The Morgan fingerprint density at radius 1 is 0.455 bits per heavy atom. The van der Waals surface area contributed by atoms with Gasteiger partial charge in [-0.15, -0.1) is 0 Å². The number of nitrogens with one attached hydrogen (secondary N) is 1. The van der Waals surface area contributed by atoms with Crippen molar-refractivity contribution in [3.8, 4) is 0 Å². The van der Waals surface area contributed by atoms with Gasteiger partial charge in [0.2, 0.25) is 5.91 Å². The Balaban J connectivity index is 4.05. The molecule has 0 saturated heterocycles. The molecule has 9 heteroatoms. The number of nitrogens with zero attached hydrogens (tertiary/aromatic N) is 1. The molecule has 0 aliphatic carbocycles. The number of likely N-dealkylation sites (N-methyl/N-ethyl adjacent to an activating group) is 1. The zero-order chi connectivity index (χ0) is 56.3. The Morgan fingerprint density at radius 3 is 1.14 bits per heavy atom. The van der Waals surface area contributed by atoms with Crippen molar-refractivity contribution < 1.29 is 32.9 Å². The van der Waals surface area contributed by atoms with Crippen LogP contribution >= 0.6 is 7.82 Å². The third-order valence-corrected chi connectivity index (χ3v) is 16.3. The number of aliphatic hydroxyl groups excluding tert-OH is 1. The molecular formula is C68H132N2O6P+. The van der Waals surface area contributed by atoms with Crippen LogP contribution in [0.1, 0.15) is 328 Å². The number of phosphoric ester groups is 1. The normalized spacial score (nSPS) is 14.0. The van der Waals surface area contributed by atoms with Crippen LogP contribution in [0.2, 0.25) is 0 Å². The lowest BCUT2D eigenvalue weighted by atomic mass is 10.0. The van der Waals surface area contributed by atoms with Crippen LogP contribution in [0.5, 0.6) is 0 Å². The molecule has 3 atom stereocenters. The summed E-state index contributed by atoms with van der Waals surface area (Å²) in [4.78, 5) is 23.4. The number of hydrogen-bond acceptors (Lipinski definition) is 5. The van der Waals surface area contributed by atoms with Crippen LogP contribution < -0.4 is 5.32 Å². The first-order chi connectivity index (χ1) is 37.5. The molecule has 0 spiro atoms. The largest absolute Gasteiger partial charge is 0.472 e. The first-order valence-corrected chi connectivity index (χ1v) is 35.0. The summed E-state index contributed by atoms with van der Waals surface area (Å²) in [6, 6.07) is -0.763. The summed E-state index contributed by atoms with van der Waals surface area (Å²) in [6.07, 6.45) is 79.1. The number of carbonyl (C=O) groups is 1. The van der Waals surface area contributed by atoms with Crippen LogP contribution in [0.15, 0.2) is 48.6 Å². The molecular weight excluding hydrogens is 972 g/mol. The second-order valence-corrected chi connectivity index (χ2v) is 25.6. The number of amides is 1.